The minimum atomic E-state index is -0.158. The molecule has 8 aromatic rings. The molecular weight excluding hydrogens is 974 g/mol. The zero-order chi connectivity index (χ0) is 46.1. The second kappa shape index (κ2) is 17.3. The third-order valence-corrected chi connectivity index (χ3v) is 12.7. The van der Waals surface area contributed by atoms with Crippen LogP contribution in [-0.2, 0) is 42.7 Å². The van der Waals surface area contributed by atoms with Gasteiger partial charge in [-0.05, 0) is 110 Å². The fourth-order valence-corrected chi connectivity index (χ4v) is 8.66. The molecule has 0 aliphatic rings. The summed E-state index contributed by atoms with van der Waals surface area (Å²) in [7, 11) is 0. The molecule has 0 unspecified atom stereocenters. The molecule has 0 bridgehead atoms. The SMILES string of the molecule is Cc1cc(C)c(O)c(-c2nc3c(-c4[c-]c(-c5cc(-c6ccc(C(C)(C)C)cc6)ccn5)cc(C(C)(C)C)c4)cccc3n2-c2ccc(C(C)(C)C)cc2-c2ccc(C(C)(C)C)cc2)c1.[Pt]. The number of fused-ring (bicyclic) bond motifs is 1. The number of phenolic OH excluding ortho intramolecular Hbond substituents is 1. The van der Waals surface area contributed by atoms with Gasteiger partial charge in [0.25, 0.3) is 0 Å². The summed E-state index contributed by atoms with van der Waals surface area (Å²) in [5.74, 6) is 0.913. The van der Waals surface area contributed by atoms with Crippen molar-refractivity contribution in [2.45, 2.75) is 119 Å². The van der Waals surface area contributed by atoms with Crippen LogP contribution in [0, 0.1) is 19.9 Å². The Balaban J connectivity index is 0.00000630. The first-order valence-corrected chi connectivity index (χ1v) is 22.7. The van der Waals surface area contributed by atoms with Crippen LogP contribution in [0.15, 0.2) is 128 Å². The molecule has 5 heteroatoms. The van der Waals surface area contributed by atoms with Gasteiger partial charge in [-0.25, -0.2) is 4.98 Å². The van der Waals surface area contributed by atoms with Crippen LogP contribution in [0.25, 0.3) is 72.7 Å². The van der Waals surface area contributed by atoms with Gasteiger partial charge in [-0.15, -0.1) is 29.3 Å². The molecule has 0 amide bonds. The third-order valence-electron chi connectivity index (χ3n) is 12.7. The molecule has 4 nitrogen and oxygen atoms in total. The van der Waals surface area contributed by atoms with E-state index in [0.29, 0.717) is 11.4 Å². The Morgan fingerprint density at radius 2 is 1.08 bits per heavy atom. The molecule has 8 rings (SSSR count). The van der Waals surface area contributed by atoms with E-state index in [2.05, 4.69) is 216 Å². The van der Waals surface area contributed by atoms with E-state index in [1.54, 1.807) is 0 Å². The van der Waals surface area contributed by atoms with Crippen LogP contribution in [0.5, 0.6) is 5.75 Å². The van der Waals surface area contributed by atoms with Gasteiger partial charge < -0.3 is 5.11 Å². The molecule has 336 valence electrons. The molecule has 0 aliphatic carbocycles. The van der Waals surface area contributed by atoms with Crippen molar-refractivity contribution in [1.29, 1.82) is 0 Å². The smallest absolute Gasteiger partial charge is 0.148 e. The van der Waals surface area contributed by atoms with Crippen LogP contribution in [0.2, 0.25) is 0 Å². The van der Waals surface area contributed by atoms with E-state index in [0.717, 1.165) is 72.5 Å². The van der Waals surface area contributed by atoms with Crippen LogP contribution in [0.4, 0.5) is 0 Å². The van der Waals surface area contributed by atoms with Gasteiger partial charge >= 0.3 is 0 Å². The maximum atomic E-state index is 11.9. The van der Waals surface area contributed by atoms with Crippen LogP contribution in [0.1, 0.15) is 116 Å². The van der Waals surface area contributed by atoms with Crippen LogP contribution in [-0.4, -0.2) is 19.6 Å². The minimum absolute atomic E-state index is 0. The van der Waals surface area contributed by atoms with E-state index in [1.165, 1.54) is 22.3 Å². The number of phenols is 1. The fraction of sp³-hybridized carbons (Fsp3) is 0.300. The van der Waals surface area contributed by atoms with Gasteiger partial charge in [-0.2, -0.15) is 0 Å². The normalized spacial score (nSPS) is 12.4. The van der Waals surface area contributed by atoms with Gasteiger partial charge in [0.2, 0.25) is 0 Å². The van der Waals surface area contributed by atoms with Gasteiger partial charge in [0.05, 0.1) is 22.3 Å². The molecule has 0 spiro atoms. The summed E-state index contributed by atoms with van der Waals surface area (Å²) in [6, 6.07) is 47.9. The van der Waals surface area contributed by atoms with E-state index in [9.17, 15) is 5.11 Å². The van der Waals surface area contributed by atoms with Crippen molar-refractivity contribution in [2.75, 3.05) is 0 Å². The third kappa shape index (κ3) is 9.57. The average Bonchev–Trinajstić information content (AvgIpc) is 3.63. The second-order valence-corrected chi connectivity index (χ2v) is 21.9. The Kier molecular flexibility index (Phi) is 12.6. The van der Waals surface area contributed by atoms with Crippen LogP contribution in [0.3, 0.4) is 0 Å². The number of para-hydroxylation sites is 1. The monoisotopic (exact) mass is 1040 g/mol. The molecule has 2 heterocycles. The van der Waals surface area contributed by atoms with Gasteiger partial charge in [-0.1, -0.05) is 173 Å². The van der Waals surface area contributed by atoms with Gasteiger partial charge in [0, 0.05) is 38.5 Å². The van der Waals surface area contributed by atoms with Crippen molar-refractivity contribution >= 4 is 11.0 Å². The molecule has 65 heavy (non-hydrogen) atoms. The van der Waals surface area contributed by atoms with Gasteiger partial charge in [-0.3, -0.25) is 9.55 Å². The first-order valence-electron chi connectivity index (χ1n) is 22.7. The van der Waals surface area contributed by atoms with E-state index >= 15 is 0 Å². The predicted molar refractivity (Wildman–Crippen MR) is 271 cm³/mol. The Morgan fingerprint density at radius 1 is 0.508 bits per heavy atom. The molecule has 6 aromatic carbocycles. The molecule has 2 aromatic heterocycles. The summed E-state index contributed by atoms with van der Waals surface area (Å²) in [6.45, 7) is 31.1. The molecule has 0 saturated heterocycles. The molecule has 0 fully saturated rings. The Hall–Kier alpha value is -5.57. The summed E-state index contributed by atoms with van der Waals surface area (Å²) in [4.78, 5) is 10.5. The summed E-state index contributed by atoms with van der Waals surface area (Å²) in [5.41, 5.74) is 18.4. The van der Waals surface area contributed by atoms with Crippen molar-refractivity contribution in [3.8, 4) is 67.5 Å². The summed E-state index contributed by atoms with van der Waals surface area (Å²) >= 11 is 0. The molecule has 0 atom stereocenters. The molecule has 0 radical (unpaired) electrons. The van der Waals surface area contributed by atoms with E-state index < -0.39 is 0 Å². The summed E-state index contributed by atoms with van der Waals surface area (Å²) in [5, 5.41) is 11.9. The first-order chi connectivity index (χ1) is 30.0. The molecule has 0 aliphatic heterocycles. The van der Waals surface area contributed by atoms with Crippen molar-refractivity contribution in [1.82, 2.24) is 14.5 Å². The Morgan fingerprint density at radius 3 is 1.68 bits per heavy atom. The maximum absolute atomic E-state index is 11.9. The number of imidazole rings is 1. The first kappa shape index (κ1) is 47.4. The topological polar surface area (TPSA) is 50.9 Å². The van der Waals surface area contributed by atoms with E-state index in [-0.39, 0.29) is 48.5 Å². The zero-order valence-corrected chi connectivity index (χ0v) is 43.0. The summed E-state index contributed by atoms with van der Waals surface area (Å²) < 4.78 is 2.26. The van der Waals surface area contributed by atoms with Crippen molar-refractivity contribution in [3.05, 3.63) is 167 Å². The number of aryl methyl sites for hydroxylation is 2. The maximum Gasteiger partial charge on any atom is 0.148 e. The fourth-order valence-electron chi connectivity index (χ4n) is 8.66. The zero-order valence-electron chi connectivity index (χ0n) is 40.7. The van der Waals surface area contributed by atoms with Crippen molar-refractivity contribution < 1.29 is 26.2 Å². The number of aromatic hydroxyl groups is 1. The van der Waals surface area contributed by atoms with E-state index in [1.807, 2.05) is 19.2 Å². The van der Waals surface area contributed by atoms with Crippen LogP contribution >= 0.6 is 0 Å². The number of aromatic nitrogens is 3. The van der Waals surface area contributed by atoms with Gasteiger partial charge in [0.15, 0.2) is 0 Å². The van der Waals surface area contributed by atoms with Gasteiger partial charge in [0.1, 0.15) is 11.6 Å². The molecule has 0 saturated carbocycles. The largest absolute Gasteiger partial charge is 0.507 e. The summed E-state index contributed by atoms with van der Waals surface area (Å²) in [6.07, 6.45) is 1.91. The number of hydrogen-bond acceptors (Lipinski definition) is 3. The Labute approximate surface area is 402 Å². The molecular formula is C60H64N3OPt-. The van der Waals surface area contributed by atoms with Crippen molar-refractivity contribution in [2.24, 2.45) is 0 Å². The van der Waals surface area contributed by atoms with Crippen molar-refractivity contribution in [3.63, 3.8) is 0 Å². The predicted octanol–water partition coefficient (Wildman–Crippen LogP) is 16.1. The standard InChI is InChI=1S/C60H64N3O.Pt/c1-37-30-38(2)55(64)50(31-37)56-62-54-48(16-15-17-53(54)63(56)52-27-26-46(59(9,10)11)36-49(52)40-20-24-45(25-21-40)58(6,7)8)42-32-43(34-47(33-42)60(12,13)14)51-35-41(28-29-61-51)39-18-22-44(23-19-39)57(3,4)5;/h15-31,33-36,64H,1-14H3;/q-1;. The molecule has 1 N–H and O–H groups in total. The minimum Gasteiger partial charge on any atom is -0.507 e. The number of hydrogen-bond donors (Lipinski definition) is 1. The number of rotatable bonds is 6. The quantitative estimate of drug-likeness (QED) is 0.169. The number of benzene rings is 6. The second-order valence-electron chi connectivity index (χ2n) is 21.9. The van der Waals surface area contributed by atoms with E-state index in [4.69, 9.17) is 9.97 Å². The average molecular weight is 1040 g/mol. The van der Waals surface area contributed by atoms with Crippen LogP contribution < -0.4 is 0 Å². The number of nitrogens with zero attached hydrogens (tertiary/aromatic N) is 3. The Bertz CT molecular complexity index is 3030. The number of pyridine rings is 1.